The number of rotatable bonds is 1. The fourth-order valence-corrected chi connectivity index (χ4v) is 9.18. The van der Waals surface area contributed by atoms with Gasteiger partial charge in [0.25, 0.3) is 0 Å². The maximum absolute atomic E-state index is 2.64. The lowest BCUT2D eigenvalue weighted by Crippen LogP contribution is -2.66. The van der Waals surface area contributed by atoms with Crippen molar-refractivity contribution in [3.63, 3.8) is 0 Å². The summed E-state index contributed by atoms with van der Waals surface area (Å²) in [5.41, 5.74) is 3.79. The topological polar surface area (TPSA) is 3.24 Å². The van der Waals surface area contributed by atoms with Gasteiger partial charge in [0.2, 0.25) is 0 Å². The zero-order valence-corrected chi connectivity index (χ0v) is 14.0. The zero-order chi connectivity index (χ0) is 14.4. The summed E-state index contributed by atoms with van der Waals surface area (Å²) < 4.78 is 0. The van der Waals surface area contributed by atoms with Crippen molar-refractivity contribution in [2.24, 2.45) is 0 Å². The SMILES string of the molecule is Cc1ccc2c(c1)[Si@](C)(c1ccccc1)C1CCCN2C1. The number of hydrogen-bond donors (Lipinski definition) is 0. The Kier molecular flexibility index (Phi) is 2.96. The second kappa shape index (κ2) is 4.74. The van der Waals surface area contributed by atoms with Gasteiger partial charge in [0, 0.05) is 18.8 Å². The molecule has 2 aliphatic heterocycles. The Labute approximate surface area is 128 Å². The van der Waals surface area contributed by atoms with Gasteiger partial charge in [0.1, 0.15) is 8.07 Å². The number of aryl methyl sites for hydroxylation is 1. The summed E-state index contributed by atoms with van der Waals surface area (Å²) in [5.74, 6) is 0. The van der Waals surface area contributed by atoms with E-state index in [1.165, 1.54) is 37.2 Å². The standard InChI is InChI=1S/C19H23NSi/c1-15-10-11-18-19(13-15)21(2,16-7-4-3-5-8-16)17-9-6-12-20(18)14-17/h3-5,7-8,10-11,13,17H,6,9,12,14H2,1-2H3/t17?,21-/m1/s1. The molecule has 0 spiro atoms. The second-order valence-corrected chi connectivity index (χ2v) is 11.2. The van der Waals surface area contributed by atoms with Gasteiger partial charge in [-0.3, -0.25) is 0 Å². The number of hydrogen-bond acceptors (Lipinski definition) is 1. The minimum absolute atomic E-state index is 0.864. The number of fused-ring (bicyclic) bond motifs is 4. The molecule has 0 aliphatic carbocycles. The smallest absolute Gasteiger partial charge is 0.122 e. The van der Waals surface area contributed by atoms with Crippen LogP contribution in [0.5, 0.6) is 0 Å². The Bertz CT molecular complexity index is 667. The average Bonchev–Trinajstić information content (AvgIpc) is 2.54. The third-order valence-corrected chi connectivity index (χ3v) is 10.8. The van der Waals surface area contributed by atoms with E-state index < -0.39 is 8.07 Å². The number of benzene rings is 2. The van der Waals surface area contributed by atoms with Crippen LogP contribution in [-0.4, -0.2) is 21.2 Å². The number of nitrogens with zero attached hydrogens (tertiary/aromatic N) is 1. The van der Waals surface area contributed by atoms with Crippen molar-refractivity contribution >= 4 is 24.1 Å². The Balaban J connectivity index is 1.97. The van der Waals surface area contributed by atoms with E-state index in [0.29, 0.717) is 0 Å². The molecule has 1 nitrogen and oxygen atoms in total. The molecule has 0 saturated carbocycles. The first-order chi connectivity index (χ1) is 10.2. The van der Waals surface area contributed by atoms with Crippen molar-refractivity contribution in [2.75, 3.05) is 18.0 Å². The highest BCUT2D eigenvalue weighted by Gasteiger charge is 2.47. The predicted molar refractivity (Wildman–Crippen MR) is 93.7 cm³/mol. The van der Waals surface area contributed by atoms with Crippen LogP contribution in [0.4, 0.5) is 5.69 Å². The number of anilines is 1. The van der Waals surface area contributed by atoms with Crippen LogP contribution in [0.2, 0.25) is 12.1 Å². The van der Waals surface area contributed by atoms with Crippen LogP contribution >= 0.6 is 0 Å². The average molecular weight is 293 g/mol. The van der Waals surface area contributed by atoms with Gasteiger partial charge >= 0.3 is 0 Å². The predicted octanol–water partition coefficient (Wildman–Crippen LogP) is 3.17. The van der Waals surface area contributed by atoms with Crippen LogP contribution in [0.3, 0.4) is 0 Å². The van der Waals surface area contributed by atoms with Gasteiger partial charge in [-0.2, -0.15) is 0 Å². The quantitative estimate of drug-likeness (QED) is 0.730. The highest BCUT2D eigenvalue weighted by Crippen LogP contribution is 2.39. The molecule has 0 amide bonds. The third-order valence-electron chi connectivity index (χ3n) is 5.66. The van der Waals surface area contributed by atoms with E-state index in [9.17, 15) is 0 Å². The molecule has 0 aromatic heterocycles. The first-order valence-corrected chi connectivity index (χ1v) is 10.7. The molecule has 2 heteroatoms. The van der Waals surface area contributed by atoms with Gasteiger partial charge in [-0.1, -0.05) is 59.8 Å². The van der Waals surface area contributed by atoms with Gasteiger partial charge in [0.15, 0.2) is 0 Å². The minimum Gasteiger partial charge on any atom is -0.372 e. The van der Waals surface area contributed by atoms with Crippen molar-refractivity contribution in [1.82, 2.24) is 0 Å². The third kappa shape index (κ3) is 1.89. The molecule has 1 saturated heterocycles. The van der Waals surface area contributed by atoms with E-state index in [0.717, 1.165) is 5.54 Å². The Hall–Kier alpha value is -1.54. The van der Waals surface area contributed by atoms with E-state index in [-0.39, 0.29) is 0 Å². The molecule has 4 rings (SSSR count). The molecule has 2 bridgehead atoms. The molecule has 2 aliphatic rings. The molecular weight excluding hydrogens is 270 g/mol. The first kappa shape index (κ1) is 13.1. The lowest BCUT2D eigenvalue weighted by Gasteiger charge is -2.50. The fourth-order valence-electron chi connectivity index (χ4n) is 4.40. The maximum atomic E-state index is 2.64. The largest absolute Gasteiger partial charge is 0.372 e. The lowest BCUT2D eigenvalue weighted by molar-refractivity contribution is 0.561. The molecule has 2 aromatic rings. The summed E-state index contributed by atoms with van der Waals surface area (Å²) in [6, 6.07) is 18.5. The van der Waals surface area contributed by atoms with Gasteiger partial charge in [0.05, 0.1) is 0 Å². The molecule has 0 radical (unpaired) electrons. The normalized spacial score (nSPS) is 27.3. The summed E-state index contributed by atoms with van der Waals surface area (Å²) in [6.45, 7) is 7.35. The molecule has 21 heavy (non-hydrogen) atoms. The van der Waals surface area contributed by atoms with E-state index >= 15 is 0 Å². The van der Waals surface area contributed by atoms with Gasteiger partial charge in [-0.05, 0) is 36.6 Å². The lowest BCUT2D eigenvalue weighted by atomic mass is 10.1. The van der Waals surface area contributed by atoms with E-state index in [4.69, 9.17) is 0 Å². The highest BCUT2D eigenvalue weighted by molar-refractivity contribution is 7.03. The molecular formula is C19H23NSi. The summed E-state index contributed by atoms with van der Waals surface area (Å²) in [7, 11) is -1.63. The van der Waals surface area contributed by atoms with Crippen molar-refractivity contribution in [1.29, 1.82) is 0 Å². The monoisotopic (exact) mass is 293 g/mol. The van der Waals surface area contributed by atoms with Crippen LogP contribution in [0.1, 0.15) is 18.4 Å². The zero-order valence-electron chi connectivity index (χ0n) is 13.0. The van der Waals surface area contributed by atoms with Crippen LogP contribution in [0.15, 0.2) is 48.5 Å². The summed E-state index contributed by atoms with van der Waals surface area (Å²) in [4.78, 5) is 2.64. The molecule has 1 fully saturated rings. The minimum atomic E-state index is -1.63. The van der Waals surface area contributed by atoms with Crippen molar-refractivity contribution < 1.29 is 0 Å². The highest BCUT2D eigenvalue weighted by atomic mass is 28.3. The van der Waals surface area contributed by atoms with Gasteiger partial charge < -0.3 is 4.90 Å². The van der Waals surface area contributed by atoms with Crippen molar-refractivity contribution in [2.45, 2.75) is 31.9 Å². The molecule has 2 atom stereocenters. The molecule has 108 valence electrons. The molecule has 2 heterocycles. The second-order valence-electron chi connectivity index (χ2n) is 6.87. The Morgan fingerprint density at radius 3 is 2.71 bits per heavy atom. The van der Waals surface area contributed by atoms with E-state index in [1.807, 2.05) is 0 Å². The molecule has 0 N–H and O–H groups in total. The van der Waals surface area contributed by atoms with Gasteiger partial charge in [-0.15, -0.1) is 0 Å². The molecule has 2 aromatic carbocycles. The fraction of sp³-hybridized carbons (Fsp3) is 0.368. The number of piperidine rings is 1. The summed E-state index contributed by atoms with van der Waals surface area (Å²) in [6.07, 6.45) is 2.76. The van der Waals surface area contributed by atoms with Crippen LogP contribution in [0.25, 0.3) is 0 Å². The van der Waals surface area contributed by atoms with E-state index in [1.54, 1.807) is 10.4 Å². The Morgan fingerprint density at radius 2 is 1.90 bits per heavy atom. The van der Waals surface area contributed by atoms with E-state index in [2.05, 4.69) is 66.9 Å². The maximum Gasteiger partial charge on any atom is 0.122 e. The van der Waals surface area contributed by atoms with Crippen molar-refractivity contribution in [3.8, 4) is 0 Å². The Morgan fingerprint density at radius 1 is 1.10 bits per heavy atom. The molecule has 1 unspecified atom stereocenters. The summed E-state index contributed by atoms with van der Waals surface area (Å²) in [5, 5.41) is 3.29. The van der Waals surface area contributed by atoms with Crippen LogP contribution < -0.4 is 15.3 Å². The van der Waals surface area contributed by atoms with Crippen LogP contribution in [-0.2, 0) is 0 Å². The van der Waals surface area contributed by atoms with Crippen molar-refractivity contribution in [3.05, 3.63) is 54.1 Å². The summed E-state index contributed by atoms with van der Waals surface area (Å²) >= 11 is 0. The van der Waals surface area contributed by atoms with Crippen LogP contribution in [0, 0.1) is 6.92 Å². The van der Waals surface area contributed by atoms with Gasteiger partial charge in [-0.25, -0.2) is 0 Å². The first-order valence-electron chi connectivity index (χ1n) is 8.11.